The lowest BCUT2D eigenvalue weighted by Gasteiger charge is -2.36. The zero-order chi connectivity index (χ0) is 13.4. The lowest BCUT2D eigenvalue weighted by molar-refractivity contribution is 0.239. The molecule has 0 radical (unpaired) electrons. The van der Waals surface area contributed by atoms with Crippen molar-refractivity contribution >= 4 is 11.6 Å². The fraction of sp³-hybridized carbons (Fsp3) is 0.714. The van der Waals surface area contributed by atoms with Crippen LogP contribution in [-0.4, -0.2) is 34.3 Å². The van der Waals surface area contributed by atoms with Gasteiger partial charge >= 0.3 is 0 Å². The number of aromatic nitrogens is 2. The lowest BCUT2D eigenvalue weighted by atomic mass is 10.0. The van der Waals surface area contributed by atoms with Crippen LogP contribution in [0.1, 0.15) is 49.4 Å². The molecular weight excluding hydrogens is 240 g/mol. The first kappa shape index (κ1) is 12.7. The molecule has 1 unspecified atom stereocenters. The number of hydrogen-bond donors (Lipinski definition) is 2. The summed E-state index contributed by atoms with van der Waals surface area (Å²) in [4.78, 5) is 11.4. The minimum absolute atomic E-state index is 0.175. The van der Waals surface area contributed by atoms with Crippen LogP contribution >= 0.6 is 0 Å². The Hall–Kier alpha value is -1.36. The van der Waals surface area contributed by atoms with E-state index in [9.17, 15) is 5.11 Å². The number of piperidine rings is 1. The highest BCUT2D eigenvalue weighted by molar-refractivity contribution is 5.57. The monoisotopic (exact) mass is 262 g/mol. The second-order valence-electron chi connectivity index (χ2n) is 5.72. The number of anilines is 2. The Morgan fingerprint density at radius 1 is 1.26 bits per heavy atom. The van der Waals surface area contributed by atoms with E-state index >= 15 is 0 Å². The van der Waals surface area contributed by atoms with E-state index in [1.807, 2.05) is 6.92 Å². The van der Waals surface area contributed by atoms with Crippen LogP contribution in [-0.2, 0) is 0 Å². The van der Waals surface area contributed by atoms with Gasteiger partial charge in [-0.3, -0.25) is 0 Å². The summed E-state index contributed by atoms with van der Waals surface area (Å²) in [7, 11) is 0. The number of nitrogen functional groups attached to an aromatic ring is 1. The van der Waals surface area contributed by atoms with E-state index in [-0.39, 0.29) is 12.6 Å². The molecule has 1 saturated carbocycles. The molecule has 3 N–H and O–H groups in total. The zero-order valence-electron chi connectivity index (χ0n) is 11.5. The van der Waals surface area contributed by atoms with Gasteiger partial charge in [-0.25, -0.2) is 9.97 Å². The molecule has 5 nitrogen and oxygen atoms in total. The maximum absolute atomic E-state index is 9.56. The highest BCUT2D eigenvalue weighted by Crippen LogP contribution is 2.40. The first-order chi connectivity index (χ1) is 9.20. The van der Waals surface area contributed by atoms with E-state index in [4.69, 9.17) is 10.7 Å². The van der Waals surface area contributed by atoms with Crippen LogP contribution in [0.5, 0.6) is 0 Å². The van der Waals surface area contributed by atoms with Gasteiger partial charge in [0, 0.05) is 18.0 Å². The van der Waals surface area contributed by atoms with Gasteiger partial charge in [0.2, 0.25) is 0 Å². The molecule has 0 aromatic carbocycles. The van der Waals surface area contributed by atoms with E-state index in [2.05, 4.69) is 9.88 Å². The largest absolute Gasteiger partial charge is 0.394 e. The molecule has 0 bridgehead atoms. The number of rotatable bonds is 3. The SMILES string of the molecule is Cc1c(N)nc(C2CC2)nc1N1CCCCC1CO. The van der Waals surface area contributed by atoms with Crippen LogP contribution in [0, 0.1) is 6.92 Å². The van der Waals surface area contributed by atoms with E-state index < -0.39 is 0 Å². The van der Waals surface area contributed by atoms with Crippen molar-refractivity contribution in [2.45, 2.75) is 51.0 Å². The molecule has 1 atom stereocenters. The van der Waals surface area contributed by atoms with Crippen molar-refractivity contribution in [2.75, 3.05) is 23.8 Å². The summed E-state index contributed by atoms with van der Waals surface area (Å²) in [6.45, 7) is 3.11. The standard InChI is InChI=1S/C14H22N4O/c1-9-12(15)16-13(10-5-6-10)17-14(9)18-7-3-2-4-11(18)8-19/h10-11,19H,2-8H2,1H3,(H2,15,16,17). The molecule has 19 heavy (non-hydrogen) atoms. The van der Waals surface area contributed by atoms with Gasteiger partial charge in [0.25, 0.3) is 0 Å². The van der Waals surface area contributed by atoms with Crippen LogP contribution in [0.15, 0.2) is 0 Å². The van der Waals surface area contributed by atoms with Crippen molar-refractivity contribution in [3.63, 3.8) is 0 Å². The minimum atomic E-state index is 0.175. The topological polar surface area (TPSA) is 75.3 Å². The molecule has 2 fully saturated rings. The molecule has 1 aliphatic carbocycles. The third-order valence-corrected chi connectivity index (χ3v) is 4.23. The predicted molar refractivity (Wildman–Crippen MR) is 75.2 cm³/mol. The van der Waals surface area contributed by atoms with Crippen molar-refractivity contribution in [2.24, 2.45) is 0 Å². The highest BCUT2D eigenvalue weighted by Gasteiger charge is 2.30. The number of aliphatic hydroxyl groups excluding tert-OH is 1. The molecular formula is C14H22N4O. The fourth-order valence-corrected chi connectivity index (χ4v) is 2.81. The summed E-state index contributed by atoms with van der Waals surface area (Å²) < 4.78 is 0. The quantitative estimate of drug-likeness (QED) is 0.865. The van der Waals surface area contributed by atoms with Crippen LogP contribution in [0.25, 0.3) is 0 Å². The summed E-state index contributed by atoms with van der Waals surface area (Å²) in [5, 5.41) is 9.56. The first-order valence-corrected chi connectivity index (χ1v) is 7.22. The van der Waals surface area contributed by atoms with Gasteiger partial charge in [0.1, 0.15) is 17.5 Å². The van der Waals surface area contributed by atoms with Gasteiger partial charge in [0.05, 0.1) is 12.6 Å². The van der Waals surface area contributed by atoms with Gasteiger partial charge in [-0.15, -0.1) is 0 Å². The molecule has 1 aliphatic heterocycles. The number of hydrogen-bond acceptors (Lipinski definition) is 5. The number of nitrogens with zero attached hydrogens (tertiary/aromatic N) is 3. The number of aliphatic hydroxyl groups is 1. The molecule has 2 heterocycles. The average molecular weight is 262 g/mol. The molecule has 0 amide bonds. The average Bonchev–Trinajstić information content (AvgIpc) is 3.26. The van der Waals surface area contributed by atoms with Gasteiger partial charge < -0.3 is 15.7 Å². The van der Waals surface area contributed by atoms with Crippen molar-refractivity contribution in [3.05, 3.63) is 11.4 Å². The van der Waals surface area contributed by atoms with Crippen molar-refractivity contribution in [1.82, 2.24) is 9.97 Å². The van der Waals surface area contributed by atoms with Crippen LogP contribution in [0.3, 0.4) is 0 Å². The molecule has 0 spiro atoms. The summed E-state index contributed by atoms with van der Waals surface area (Å²) in [5.41, 5.74) is 6.99. The Morgan fingerprint density at radius 2 is 2.05 bits per heavy atom. The molecule has 3 rings (SSSR count). The van der Waals surface area contributed by atoms with E-state index in [1.54, 1.807) is 0 Å². The molecule has 1 saturated heterocycles. The third kappa shape index (κ3) is 2.39. The van der Waals surface area contributed by atoms with Crippen LogP contribution in [0.4, 0.5) is 11.6 Å². The van der Waals surface area contributed by atoms with E-state index in [0.29, 0.717) is 11.7 Å². The minimum Gasteiger partial charge on any atom is -0.394 e. The fourth-order valence-electron chi connectivity index (χ4n) is 2.81. The molecule has 5 heteroatoms. The van der Waals surface area contributed by atoms with Crippen molar-refractivity contribution in [1.29, 1.82) is 0 Å². The van der Waals surface area contributed by atoms with Crippen molar-refractivity contribution < 1.29 is 5.11 Å². The van der Waals surface area contributed by atoms with Crippen molar-refractivity contribution in [3.8, 4) is 0 Å². The Morgan fingerprint density at radius 3 is 2.74 bits per heavy atom. The second kappa shape index (κ2) is 4.96. The summed E-state index contributed by atoms with van der Waals surface area (Å²) in [6, 6.07) is 0.175. The van der Waals surface area contributed by atoms with Gasteiger partial charge in [0.15, 0.2) is 0 Å². The van der Waals surface area contributed by atoms with Crippen LogP contribution < -0.4 is 10.6 Å². The smallest absolute Gasteiger partial charge is 0.137 e. The van der Waals surface area contributed by atoms with Gasteiger partial charge in [-0.2, -0.15) is 0 Å². The highest BCUT2D eigenvalue weighted by atomic mass is 16.3. The molecule has 104 valence electrons. The van der Waals surface area contributed by atoms with Gasteiger partial charge in [-0.1, -0.05) is 0 Å². The predicted octanol–water partition coefficient (Wildman–Crippen LogP) is 1.60. The lowest BCUT2D eigenvalue weighted by Crippen LogP contribution is -2.43. The zero-order valence-corrected chi connectivity index (χ0v) is 11.5. The Labute approximate surface area is 113 Å². The molecule has 1 aromatic rings. The van der Waals surface area contributed by atoms with E-state index in [1.165, 1.54) is 19.3 Å². The number of nitrogens with two attached hydrogens (primary N) is 1. The Bertz CT molecular complexity index is 473. The Balaban J connectivity index is 1.97. The summed E-state index contributed by atoms with van der Waals surface area (Å²) >= 11 is 0. The van der Waals surface area contributed by atoms with Gasteiger partial charge in [-0.05, 0) is 39.0 Å². The van der Waals surface area contributed by atoms with E-state index in [0.717, 1.165) is 36.6 Å². The Kier molecular flexibility index (Phi) is 3.31. The maximum Gasteiger partial charge on any atom is 0.137 e. The van der Waals surface area contributed by atoms with Crippen LogP contribution in [0.2, 0.25) is 0 Å². The summed E-state index contributed by atoms with van der Waals surface area (Å²) in [5.74, 6) is 2.92. The maximum atomic E-state index is 9.56. The normalized spacial score (nSPS) is 23.7. The third-order valence-electron chi connectivity index (χ3n) is 4.23. The molecule has 2 aliphatic rings. The molecule has 1 aromatic heterocycles. The second-order valence-corrected chi connectivity index (χ2v) is 5.72. The first-order valence-electron chi connectivity index (χ1n) is 7.22. The summed E-state index contributed by atoms with van der Waals surface area (Å²) in [6.07, 6.45) is 5.70.